The SMILES string of the molecule is C[C@H](NC(=O)c1cccc(Cn2cccn2)c1)c1cn2ccsc2n1. The zero-order chi connectivity index (χ0) is 17.2. The Labute approximate surface area is 148 Å². The van der Waals surface area contributed by atoms with E-state index >= 15 is 0 Å². The van der Waals surface area contributed by atoms with Crippen LogP contribution in [-0.2, 0) is 6.54 Å². The highest BCUT2D eigenvalue weighted by Crippen LogP contribution is 2.17. The first-order valence-electron chi connectivity index (χ1n) is 7.98. The van der Waals surface area contributed by atoms with Crippen LogP contribution in [0.3, 0.4) is 0 Å². The number of carbonyl (C=O) groups is 1. The Bertz CT molecular complexity index is 973. The predicted octanol–water partition coefficient (Wildman–Crippen LogP) is 3.13. The Kier molecular flexibility index (Phi) is 4.07. The van der Waals surface area contributed by atoms with Gasteiger partial charge in [-0.1, -0.05) is 12.1 Å². The van der Waals surface area contributed by atoms with Gasteiger partial charge in [0, 0.05) is 35.7 Å². The van der Waals surface area contributed by atoms with Crippen LogP contribution in [0.15, 0.2) is 60.5 Å². The summed E-state index contributed by atoms with van der Waals surface area (Å²) in [6.07, 6.45) is 7.56. The molecule has 0 spiro atoms. The van der Waals surface area contributed by atoms with Crippen LogP contribution >= 0.6 is 11.3 Å². The Morgan fingerprint density at radius 3 is 3.04 bits per heavy atom. The zero-order valence-corrected chi connectivity index (χ0v) is 14.5. The lowest BCUT2D eigenvalue weighted by Gasteiger charge is -2.12. The molecular formula is C18H17N5OS. The molecule has 0 saturated heterocycles. The summed E-state index contributed by atoms with van der Waals surface area (Å²) >= 11 is 1.58. The van der Waals surface area contributed by atoms with Crippen molar-refractivity contribution in [2.45, 2.75) is 19.5 Å². The molecule has 0 aliphatic rings. The van der Waals surface area contributed by atoms with Crippen molar-refractivity contribution in [2.24, 2.45) is 0 Å². The van der Waals surface area contributed by atoms with E-state index < -0.39 is 0 Å². The average Bonchev–Trinajstić information content (AvgIpc) is 3.32. The lowest BCUT2D eigenvalue weighted by Crippen LogP contribution is -2.27. The number of hydrogen-bond acceptors (Lipinski definition) is 4. The molecule has 6 nitrogen and oxygen atoms in total. The molecular weight excluding hydrogens is 334 g/mol. The van der Waals surface area contributed by atoms with Crippen molar-refractivity contribution in [1.82, 2.24) is 24.5 Å². The van der Waals surface area contributed by atoms with E-state index in [9.17, 15) is 4.79 Å². The molecule has 4 aromatic rings. The molecule has 0 saturated carbocycles. The minimum absolute atomic E-state index is 0.105. The van der Waals surface area contributed by atoms with Crippen LogP contribution in [0, 0.1) is 0 Å². The van der Waals surface area contributed by atoms with Crippen LogP contribution in [0.2, 0.25) is 0 Å². The molecule has 3 aromatic heterocycles. The predicted molar refractivity (Wildman–Crippen MR) is 96.7 cm³/mol. The first-order chi connectivity index (χ1) is 12.2. The fraction of sp³-hybridized carbons (Fsp3) is 0.167. The normalized spacial score (nSPS) is 12.4. The molecule has 0 radical (unpaired) electrons. The topological polar surface area (TPSA) is 64.2 Å². The van der Waals surface area contributed by atoms with E-state index in [1.807, 2.05) is 70.3 Å². The van der Waals surface area contributed by atoms with Gasteiger partial charge in [-0.15, -0.1) is 11.3 Å². The highest BCUT2D eigenvalue weighted by atomic mass is 32.1. The molecule has 1 atom stereocenters. The number of carbonyl (C=O) groups excluding carboxylic acids is 1. The van der Waals surface area contributed by atoms with Crippen molar-refractivity contribution in [2.75, 3.05) is 0 Å². The summed E-state index contributed by atoms with van der Waals surface area (Å²) in [5, 5.41) is 9.20. The van der Waals surface area contributed by atoms with Crippen LogP contribution in [0.4, 0.5) is 0 Å². The summed E-state index contributed by atoms with van der Waals surface area (Å²) in [6.45, 7) is 2.58. The van der Waals surface area contributed by atoms with Gasteiger partial charge in [0.25, 0.3) is 5.91 Å². The lowest BCUT2D eigenvalue weighted by molar-refractivity contribution is 0.0939. The van der Waals surface area contributed by atoms with Gasteiger partial charge in [-0.3, -0.25) is 13.9 Å². The Morgan fingerprint density at radius 2 is 2.24 bits per heavy atom. The van der Waals surface area contributed by atoms with Crippen LogP contribution < -0.4 is 5.32 Å². The smallest absolute Gasteiger partial charge is 0.251 e. The van der Waals surface area contributed by atoms with Crippen LogP contribution in [0.25, 0.3) is 4.96 Å². The van der Waals surface area contributed by atoms with Crippen LogP contribution in [0.1, 0.15) is 34.6 Å². The summed E-state index contributed by atoms with van der Waals surface area (Å²) < 4.78 is 3.80. The standard InChI is InChI=1S/C18H17N5OS/c1-13(16-12-22-8-9-25-18(22)21-16)20-17(24)15-5-2-4-14(10-15)11-23-7-3-6-19-23/h2-10,12-13H,11H2,1H3,(H,20,24)/t13-/m0/s1. The number of benzene rings is 1. The average molecular weight is 351 g/mol. The van der Waals surface area contributed by atoms with Crippen LogP contribution in [0.5, 0.6) is 0 Å². The van der Waals surface area contributed by atoms with E-state index in [0.717, 1.165) is 16.2 Å². The van der Waals surface area contributed by atoms with Crippen molar-refractivity contribution < 1.29 is 4.79 Å². The van der Waals surface area contributed by atoms with Crippen molar-refractivity contribution >= 4 is 22.2 Å². The third-order valence-corrected chi connectivity index (χ3v) is 4.77. The molecule has 7 heteroatoms. The quantitative estimate of drug-likeness (QED) is 0.601. The molecule has 0 unspecified atom stereocenters. The minimum atomic E-state index is -0.158. The molecule has 0 aliphatic carbocycles. The number of nitrogens with zero attached hydrogens (tertiary/aromatic N) is 4. The fourth-order valence-corrected chi connectivity index (χ4v) is 3.41. The second kappa shape index (κ2) is 6.52. The molecule has 1 aromatic carbocycles. The molecule has 3 heterocycles. The third kappa shape index (κ3) is 3.32. The maximum atomic E-state index is 12.6. The lowest BCUT2D eigenvalue weighted by atomic mass is 10.1. The summed E-state index contributed by atoms with van der Waals surface area (Å²) in [6, 6.07) is 9.33. The number of imidazole rings is 1. The van der Waals surface area contributed by atoms with Gasteiger partial charge in [-0.2, -0.15) is 5.10 Å². The fourth-order valence-electron chi connectivity index (χ4n) is 2.70. The maximum Gasteiger partial charge on any atom is 0.251 e. The van der Waals surface area contributed by atoms with Crippen LogP contribution in [-0.4, -0.2) is 25.1 Å². The molecule has 25 heavy (non-hydrogen) atoms. The second-order valence-corrected chi connectivity index (χ2v) is 6.73. The number of rotatable bonds is 5. The number of nitrogens with one attached hydrogen (secondary N) is 1. The van der Waals surface area contributed by atoms with Gasteiger partial charge in [0.2, 0.25) is 0 Å². The molecule has 126 valence electrons. The second-order valence-electron chi connectivity index (χ2n) is 5.86. The molecule has 1 N–H and O–H groups in total. The monoisotopic (exact) mass is 351 g/mol. The largest absolute Gasteiger partial charge is 0.344 e. The summed E-state index contributed by atoms with van der Waals surface area (Å²) in [7, 11) is 0. The van der Waals surface area contributed by atoms with Gasteiger partial charge >= 0.3 is 0 Å². The van der Waals surface area contributed by atoms with E-state index in [-0.39, 0.29) is 11.9 Å². The van der Waals surface area contributed by atoms with Gasteiger partial charge in [-0.25, -0.2) is 4.98 Å². The summed E-state index contributed by atoms with van der Waals surface area (Å²) in [5.74, 6) is -0.105. The van der Waals surface area contributed by atoms with E-state index in [4.69, 9.17) is 0 Å². The third-order valence-electron chi connectivity index (χ3n) is 4.00. The van der Waals surface area contributed by atoms with Crippen molar-refractivity contribution in [3.8, 4) is 0 Å². The van der Waals surface area contributed by atoms with E-state index in [1.165, 1.54) is 0 Å². The number of thiazole rings is 1. The van der Waals surface area contributed by atoms with Gasteiger partial charge in [0.15, 0.2) is 4.96 Å². The maximum absolute atomic E-state index is 12.6. The highest BCUT2D eigenvalue weighted by Gasteiger charge is 2.15. The molecule has 0 aliphatic heterocycles. The number of amides is 1. The molecule has 0 bridgehead atoms. The van der Waals surface area contributed by atoms with E-state index in [0.29, 0.717) is 12.1 Å². The van der Waals surface area contributed by atoms with Gasteiger partial charge in [0.1, 0.15) is 0 Å². The van der Waals surface area contributed by atoms with Gasteiger partial charge in [0.05, 0.1) is 18.3 Å². The van der Waals surface area contributed by atoms with Gasteiger partial charge in [-0.05, 0) is 30.7 Å². The van der Waals surface area contributed by atoms with E-state index in [2.05, 4.69) is 15.4 Å². The minimum Gasteiger partial charge on any atom is -0.344 e. The summed E-state index contributed by atoms with van der Waals surface area (Å²) in [4.78, 5) is 18.0. The first kappa shape index (κ1) is 15.6. The zero-order valence-electron chi connectivity index (χ0n) is 13.7. The Balaban J connectivity index is 1.47. The number of fused-ring (bicyclic) bond motifs is 1. The molecule has 1 amide bonds. The van der Waals surface area contributed by atoms with Crippen molar-refractivity contribution in [3.63, 3.8) is 0 Å². The van der Waals surface area contributed by atoms with Gasteiger partial charge < -0.3 is 5.32 Å². The number of hydrogen-bond donors (Lipinski definition) is 1. The Morgan fingerprint density at radius 1 is 1.32 bits per heavy atom. The van der Waals surface area contributed by atoms with Crippen molar-refractivity contribution in [3.05, 3.63) is 77.3 Å². The van der Waals surface area contributed by atoms with Crippen molar-refractivity contribution in [1.29, 1.82) is 0 Å². The molecule has 0 fully saturated rings. The van der Waals surface area contributed by atoms with E-state index in [1.54, 1.807) is 17.5 Å². The first-order valence-corrected chi connectivity index (χ1v) is 8.86. The summed E-state index contributed by atoms with van der Waals surface area (Å²) in [5.41, 5.74) is 2.52. The molecule has 4 rings (SSSR count). The Hall–Kier alpha value is -2.93. The number of aromatic nitrogens is 4. The highest BCUT2D eigenvalue weighted by molar-refractivity contribution is 7.15.